The third-order valence-corrected chi connectivity index (χ3v) is 21.3. The van der Waals surface area contributed by atoms with E-state index < -0.39 is 149 Å². The monoisotopic (exact) mass is 1520 g/mol. The smallest absolute Gasteiger partial charge is 0.337 e. The Hall–Kier alpha value is -7.36. The number of hydrogen-bond donors (Lipinski definition) is 6. The molecule has 1 saturated heterocycles. The summed E-state index contributed by atoms with van der Waals surface area (Å²) < 4.78 is 4.81. The van der Waals surface area contributed by atoms with Gasteiger partial charge in [-0.15, -0.1) is 0 Å². The highest BCUT2D eigenvalue weighted by atomic mass is 32.2. The molecule has 107 heavy (non-hydrogen) atoms. The van der Waals surface area contributed by atoms with Crippen molar-refractivity contribution in [2.45, 2.75) is 267 Å². The summed E-state index contributed by atoms with van der Waals surface area (Å²) in [7, 11) is 11.6. The van der Waals surface area contributed by atoms with Gasteiger partial charge in [-0.1, -0.05) is 129 Å². The summed E-state index contributed by atoms with van der Waals surface area (Å²) in [6, 6.07) is -7.03. The van der Waals surface area contributed by atoms with Crippen LogP contribution in [0.25, 0.3) is 0 Å². The summed E-state index contributed by atoms with van der Waals surface area (Å²) in [5, 5.41) is 23.9. The van der Waals surface area contributed by atoms with Crippen molar-refractivity contribution in [2.24, 2.45) is 41.4 Å². The topological polar surface area (TPSA) is 334 Å². The molecule has 2 rings (SSSR count). The fourth-order valence-corrected chi connectivity index (χ4v) is 14.6. The van der Waals surface area contributed by atoms with Crippen LogP contribution >= 0.6 is 11.8 Å². The summed E-state index contributed by atoms with van der Waals surface area (Å²) in [6.07, 6.45) is 5.78. The first-order valence-electron chi connectivity index (χ1n) is 38.8. The van der Waals surface area contributed by atoms with Crippen molar-refractivity contribution < 1.29 is 72.2 Å². The first-order valence-corrected chi connectivity index (χ1v) is 39.9. The second-order valence-corrected chi connectivity index (χ2v) is 33.0. The predicted molar refractivity (Wildman–Crippen MR) is 418 cm³/mol. The van der Waals surface area contributed by atoms with E-state index in [1.54, 1.807) is 52.8 Å². The summed E-state index contributed by atoms with van der Waals surface area (Å²) in [5.41, 5.74) is 0.576. The van der Waals surface area contributed by atoms with Crippen molar-refractivity contribution in [3.05, 3.63) is 35.4 Å². The molecule has 1 heterocycles. The molecule has 28 heteroatoms. The van der Waals surface area contributed by atoms with E-state index in [1.165, 1.54) is 122 Å². The van der Waals surface area contributed by atoms with E-state index >= 15 is 33.6 Å². The Bertz CT molecular complexity index is 3090. The van der Waals surface area contributed by atoms with Crippen LogP contribution in [0.4, 0.5) is 0 Å². The van der Waals surface area contributed by atoms with Gasteiger partial charge in [0, 0.05) is 73.8 Å². The molecular formula is C79H136N12O15S. The fourth-order valence-electron chi connectivity index (χ4n) is 13.4. The Morgan fingerprint density at radius 3 is 1.50 bits per heavy atom. The largest absolute Gasteiger partial charge is 0.465 e. The Kier molecular flexibility index (Phi) is 41.9. The number of aliphatic hydroxyl groups excluding tert-OH is 1. The number of likely N-dealkylation sites (N-methyl/N-ethyl adjacent to an activating group) is 7. The Morgan fingerprint density at radius 1 is 0.486 bits per heavy atom. The number of aliphatic hydroxyl groups is 1. The molecule has 12 amide bonds. The lowest BCUT2D eigenvalue weighted by atomic mass is 9.92. The van der Waals surface area contributed by atoms with Gasteiger partial charge in [0.1, 0.15) is 66.5 Å². The molecule has 0 saturated carbocycles. The number of hydrogen-bond acceptors (Lipinski definition) is 16. The summed E-state index contributed by atoms with van der Waals surface area (Å²) in [5.74, 6) is -9.10. The van der Waals surface area contributed by atoms with Crippen molar-refractivity contribution in [2.75, 3.05) is 81.1 Å². The molecule has 0 bridgehead atoms. The van der Waals surface area contributed by atoms with E-state index in [-0.39, 0.29) is 91.9 Å². The number of nitrogens with one attached hydrogen (secondary N) is 5. The number of amides is 12. The van der Waals surface area contributed by atoms with Crippen molar-refractivity contribution in [1.29, 1.82) is 0 Å². The zero-order valence-electron chi connectivity index (χ0n) is 69.1. The van der Waals surface area contributed by atoms with E-state index in [0.717, 1.165) is 12.8 Å². The number of esters is 1. The third kappa shape index (κ3) is 29.5. The summed E-state index contributed by atoms with van der Waals surface area (Å²) in [4.78, 5) is 200. The molecule has 0 aliphatic carbocycles. The Labute approximate surface area is 643 Å². The van der Waals surface area contributed by atoms with E-state index in [9.17, 15) is 33.9 Å². The number of unbranched alkanes of at least 4 members (excludes halogenated alkanes) is 4. The number of ether oxygens (including phenoxy) is 1. The number of thioether (sulfide) groups is 1. The lowest BCUT2D eigenvalue weighted by molar-refractivity contribution is -0.156. The first kappa shape index (κ1) is 95.7. The van der Waals surface area contributed by atoms with Crippen molar-refractivity contribution in [3.63, 3.8) is 0 Å². The van der Waals surface area contributed by atoms with E-state index in [4.69, 9.17) is 4.74 Å². The summed E-state index contributed by atoms with van der Waals surface area (Å²) >= 11 is 1.37. The maximum Gasteiger partial charge on any atom is 0.337 e. The van der Waals surface area contributed by atoms with Crippen LogP contribution in [-0.2, 0) is 57.5 Å². The predicted octanol–water partition coefficient (Wildman–Crippen LogP) is 6.76. The highest BCUT2D eigenvalue weighted by Gasteiger charge is 2.45. The number of benzene rings is 1. The van der Waals surface area contributed by atoms with Crippen LogP contribution in [0.1, 0.15) is 221 Å². The quantitative estimate of drug-likeness (QED) is 0.0356. The Morgan fingerprint density at radius 2 is 0.963 bits per heavy atom. The molecule has 608 valence electrons. The lowest BCUT2D eigenvalue weighted by Crippen LogP contribution is -2.62. The number of nitrogens with zero attached hydrogens (tertiary/aromatic N) is 7. The highest BCUT2D eigenvalue weighted by molar-refractivity contribution is 7.99. The molecule has 1 aliphatic rings. The maximum atomic E-state index is 15.6. The SMILES string of the molecule is CC[C@H]1NC(=O)[C@@H](C[C@H](C)CCCCCCNC(=O)c2cccc(C(=O)OC)c2)N(C)C(=O)[C@@H](C(C)C)N(C)C(=O)[C@@H](CCC(C)C)N(C)C(=O)[C@H](CC(C)C)N(C)C(=O)[C@H](C)NC(=O)[C@@H](C)NC(=O)[C@@H](CC(C)C)N(C)C(=O)[C@@H](C(C)C)NC(=O)[C@H](CC(C)C)N(C)C(=O)[C@@H](CSCCCCO)N(C)C1=O. The maximum absolute atomic E-state index is 15.6. The molecular weight excluding hydrogens is 1390 g/mol. The number of carbonyl (C=O) groups excluding carboxylic acids is 13. The molecule has 1 fully saturated rings. The standard InChI is InChI=1S/C79H136N12O15S/c1-25-58-73(99)90(22)64(46-107-40-31-30-39-92)76(102)86(18)61(42-49(6)7)71(97)84-65(51(10)11)77(103)87(19)60(41-48(4)5)69(95)81-54(15)67(93)82-55(16)72(98)89(21)63(43-50(8)9)75(101)85(17)59(37-36-47(2)3)74(100)91(23)66(52(12)13)78(104)88(20)62(70(96)83-58)44-53(14)33-28-26-27-29-38-80-68(94)56-34-32-35-57(45-56)79(105)106-24/h32,34-35,45,47-55,58-66,92H,25-31,33,36-44,46H2,1-24H3,(H,80,94)(H,81,95)(H,82,93)(H,83,96)(H,84,97)/t53-,54-,55+,58-,59-,60-,61+,62-,63+,64-,65-,66-/m1/s1. The van der Waals surface area contributed by atoms with Crippen molar-refractivity contribution >= 4 is 88.6 Å². The molecule has 6 N–H and O–H groups in total. The van der Waals surface area contributed by atoms with Gasteiger partial charge in [-0.05, 0) is 143 Å². The molecule has 0 aromatic heterocycles. The molecule has 0 unspecified atom stereocenters. The van der Waals surface area contributed by atoms with Gasteiger partial charge in [0.25, 0.3) is 5.91 Å². The van der Waals surface area contributed by atoms with Crippen LogP contribution in [0.15, 0.2) is 24.3 Å². The zero-order valence-corrected chi connectivity index (χ0v) is 69.9. The van der Waals surface area contributed by atoms with Gasteiger partial charge >= 0.3 is 5.97 Å². The minimum atomic E-state index is -1.26. The van der Waals surface area contributed by atoms with Gasteiger partial charge in [0.2, 0.25) is 65.0 Å². The molecule has 12 atom stereocenters. The summed E-state index contributed by atoms with van der Waals surface area (Å²) in [6.45, 7) is 29.1. The second kappa shape index (κ2) is 46.9. The van der Waals surface area contributed by atoms with Gasteiger partial charge in [-0.2, -0.15) is 11.8 Å². The molecule has 1 aromatic carbocycles. The number of methoxy groups -OCH3 is 1. The van der Waals surface area contributed by atoms with E-state index in [0.29, 0.717) is 56.4 Å². The van der Waals surface area contributed by atoms with Crippen LogP contribution in [0.3, 0.4) is 0 Å². The van der Waals surface area contributed by atoms with Crippen LogP contribution < -0.4 is 26.6 Å². The van der Waals surface area contributed by atoms with Gasteiger partial charge in [0.05, 0.1) is 12.7 Å². The van der Waals surface area contributed by atoms with Gasteiger partial charge < -0.3 is 70.7 Å². The van der Waals surface area contributed by atoms with Crippen LogP contribution in [0.5, 0.6) is 0 Å². The number of carbonyl (C=O) groups is 13. The van der Waals surface area contributed by atoms with Crippen LogP contribution in [0, 0.1) is 41.4 Å². The lowest BCUT2D eigenvalue weighted by Gasteiger charge is -2.41. The van der Waals surface area contributed by atoms with Crippen molar-refractivity contribution in [1.82, 2.24) is 60.9 Å². The second-order valence-electron chi connectivity index (χ2n) is 31.8. The average Bonchev–Trinajstić information content (AvgIpc) is 0.818. The van der Waals surface area contributed by atoms with Gasteiger partial charge in [0.15, 0.2) is 0 Å². The third-order valence-electron chi connectivity index (χ3n) is 20.2. The molecule has 0 spiro atoms. The first-order chi connectivity index (χ1) is 50.0. The van der Waals surface area contributed by atoms with Crippen LogP contribution in [0.2, 0.25) is 0 Å². The molecule has 1 aliphatic heterocycles. The van der Waals surface area contributed by atoms with E-state index in [1.807, 2.05) is 62.3 Å². The average molecular weight is 1530 g/mol. The zero-order chi connectivity index (χ0) is 81.6. The van der Waals surface area contributed by atoms with Gasteiger partial charge in [-0.3, -0.25) is 57.5 Å². The highest BCUT2D eigenvalue weighted by Crippen LogP contribution is 2.27. The minimum absolute atomic E-state index is 0.0393. The normalized spacial score (nSPS) is 24.0. The Balaban J connectivity index is 3.00. The molecule has 1 aromatic rings. The number of rotatable bonds is 29. The minimum Gasteiger partial charge on any atom is -0.465 e. The van der Waals surface area contributed by atoms with E-state index in [2.05, 4.69) is 26.6 Å². The van der Waals surface area contributed by atoms with Crippen LogP contribution in [-0.4, -0.2) is 264 Å². The van der Waals surface area contributed by atoms with Crippen molar-refractivity contribution in [3.8, 4) is 0 Å². The molecule has 27 nitrogen and oxygen atoms in total. The van der Waals surface area contributed by atoms with Gasteiger partial charge in [-0.25, -0.2) is 4.79 Å². The molecule has 0 radical (unpaired) electrons. The fraction of sp³-hybridized carbons (Fsp3) is 0.759.